The molecule has 1 aliphatic carbocycles. The smallest absolute Gasteiger partial charge is 0.233 e. The van der Waals surface area contributed by atoms with Crippen LogP contribution in [0.5, 0.6) is 0 Å². The highest BCUT2D eigenvalue weighted by molar-refractivity contribution is 7.99. The first-order valence-corrected chi connectivity index (χ1v) is 10.1. The van der Waals surface area contributed by atoms with Gasteiger partial charge in [-0.15, -0.1) is 10.2 Å². The van der Waals surface area contributed by atoms with Gasteiger partial charge in [-0.25, -0.2) is 0 Å². The van der Waals surface area contributed by atoms with Crippen molar-refractivity contribution in [2.45, 2.75) is 37.9 Å². The van der Waals surface area contributed by atoms with Gasteiger partial charge in [0, 0.05) is 41.8 Å². The topological polar surface area (TPSA) is 66.8 Å². The Morgan fingerprint density at radius 1 is 1.27 bits per heavy atom. The van der Waals surface area contributed by atoms with Crippen LogP contribution < -0.4 is 0 Å². The number of aromatic nitrogens is 4. The van der Waals surface area contributed by atoms with E-state index in [1.165, 1.54) is 11.8 Å². The molecule has 7 heteroatoms. The number of H-pyrrole nitrogens is 1. The number of fused-ring (bicyclic) bond motifs is 1. The van der Waals surface area contributed by atoms with Crippen molar-refractivity contribution >= 4 is 28.6 Å². The SMILES string of the molecule is CCN(CC)C(=O)CSc1nnc(-c2c[nH]c3ccccc23)n1C1CC1. The Bertz CT molecular complexity index is 923. The van der Waals surface area contributed by atoms with E-state index in [1.807, 2.05) is 37.1 Å². The Balaban J connectivity index is 1.63. The van der Waals surface area contributed by atoms with Gasteiger partial charge in [0.2, 0.25) is 5.91 Å². The van der Waals surface area contributed by atoms with Crippen molar-refractivity contribution in [1.29, 1.82) is 0 Å². The standard InChI is InChI=1S/C19H23N5OS/c1-3-23(4-2)17(25)12-26-19-22-21-18(24(19)13-9-10-13)15-11-20-16-8-6-5-7-14(15)16/h5-8,11,13,20H,3-4,9-10,12H2,1-2H3. The molecule has 2 heterocycles. The summed E-state index contributed by atoms with van der Waals surface area (Å²) in [4.78, 5) is 17.5. The third kappa shape index (κ3) is 3.11. The second kappa shape index (κ2) is 7.15. The summed E-state index contributed by atoms with van der Waals surface area (Å²) in [5, 5.41) is 10.9. The lowest BCUT2D eigenvalue weighted by atomic mass is 10.1. The molecule has 4 rings (SSSR count). The Morgan fingerprint density at radius 2 is 2.04 bits per heavy atom. The highest BCUT2D eigenvalue weighted by Gasteiger charge is 2.31. The van der Waals surface area contributed by atoms with Gasteiger partial charge < -0.3 is 9.88 Å². The number of rotatable bonds is 7. The molecule has 3 aromatic rings. The number of nitrogens with zero attached hydrogens (tertiary/aromatic N) is 4. The van der Waals surface area contributed by atoms with Crippen LogP contribution >= 0.6 is 11.8 Å². The number of carbonyl (C=O) groups is 1. The van der Waals surface area contributed by atoms with Crippen molar-refractivity contribution in [3.63, 3.8) is 0 Å². The first-order chi connectivity index (χ1) is 12.7. The summed E-state index contributed by atoms with van der Waals surface area (Å²) in [6.07, 6.45) is 4.29. The quantitative estimate of drug-likeness (QED) is 0.645. The minimum absolute atomic E-state index is 0.152. The van der Waals surface area contributed by atoms with Crippen LogP contribution in [0, 0.1) is 0 Å². The predicted octanol–water partition coefficient (Wildman–Crippen LogP) is 3.72. The maximum atomic E-state index is 12.3. The minimum Gasteiger partial charge on any atom is -0.360 e. The largest absolute Gasteiger partial charge is 0.360 e. The van der Waals surface area contributed by atoms with E-state index >= 15 is 0 Å². The second-order valence-corrected chi connectivity index (χ2v) is 7.45. The molecule has 0 atom stereocenters. The van der Waals surface area contributed by atoms with E-state index in [-0.39, 0.29) is 5.91 Å². The third-order valence-corrected chi connectivity index (χ3v) is 5.78. The number of carbonyl (C=O) groups excluding carboxylic acids is 1. The molecule has 0 radical (unpaired) electrons. The Kier molecular flexibility index (Phi) is 4.72. The van der Waals surface area contributed by atoms with Crippen LogP contribution in [-0.4, -0.2) is 49.4 Å². The zero-order valence-electron chi connectivity index (χ0n) is 15.1. The monoisotopic (exact) mass is 369 g/mol. The zero-order chi connectivity index (χ0) is 18.1. The Labute approximate surface area is 157 Å². The van der Waals surface area contributed by atoms with E-state index in [2.05, 4.69) is 31.9 Å². The minimum atomic E-state index is 0.152. The second-order valence-electron chi connectivity index (χ2n) is 6.51. The van der Waals surface area contributed by atoms with Gasteiger partial charge in [-0.3, -0.25) is 9.36 Å². The first kappa shape index (κ1) is 17.1. The van der Waals surface area contributed by atoms with Gasteiger partial charge in [0.25, 0.3) is 0 Å². The maximum Gasteiger partial charge on any atom is 0.233 e. The molecule has 1 aliphatic rings. The van der Waals surface area contributed by atoms with Crippen LogP contribution in [-0.2, 0) is 4.79 Å². The molecule has 0 unspecified atom stereocenters. The molecule has 0 aliphatic heterocycles. The number of amides is 1. The lowest BCUT2D eigenvalue weighted by molar-refractivity contribution is -0.127. The highest BCUT2D eigenvalue weighted by Crippen LogP contribution is 2.42. The number of thioether (sulfide) groups is 1. The van der Waals surface area contributed by atoms with Gasteiger partial charge in [0.1, 0.15) is 0 Å². The molecule has 0 saturated heterocycles. The maximum absolute atomic E-state index is 12.3. The molecule has 26 heavy (non-hydrogen) atoms. The van der Waals surface area contributed by atoms with E-state index in [4.69, 9.17) is 0 Å². The van der Waals surface area contributed by atoms with Gasteiger partial charge in [-0.2, -0.15) is 0 Å². The van der Waals surface area contributed by atoms with Crippen LogP contribution in [0.3, 0.4) is 0 Å². The summed E-state index contributed by atoms with van der Waals surface area (Å²) in [6.45, 7) is 5.50. The molecular formula is C19H23N5OS. The van der Waals surface area contributed by atoms with Crippen molar-refractivity contribution in [3.05, 3.63) is 30.5 Å². The van der Waals surface area contributed by atoms with Crippen molar-refractivity contribution < 1.29 is 4.79 Å². The van der Waals surface area contributed by atoms with Crippen molar-refractivity contribution in [1.82, 2.24) is 24.6 Å². The molecule has 136 valence electrons. The van der Waals surface area contributed by atoms with Crippen LogP contribution in [0.25, 0.3) is 22.3 Å². The number of para-hydroxylation sites is 1. The van der Waals surface area contributed by atoms with Gasteiger partial charge in [0.15, 0.2) is 11.0 Å². The van der Waals surface area contributed by atoms with Crippen LogP contribution in [0.2, 0.25) is 0 Å². The fourth-order valence-corrected chi connectivity index (χ4v) is 4.18. The van der Waals surface area contributed by atoms with E-state index in [0.29, 0.717) is 11.8 Å². The van der Waals surface area contributed by atoms with E-state index < -0.39 is 0 Å². The summed E-state index contributed by atoms with van der Waals surface area (Å²) in [7, 11) is 0. The third-order valence-electron chi connectivity index (χ3n) is 4.85. The fourth-order valence-electron chi connectivity index (χ4n) is 3.27. The van der Waals surface area contributed by atoms with E-state index in [1.54, 1.807) is 0 Å². The average Bonchev–Trinajstić information content (AvgIpc) is 3.27. The summed E-state index contributed by atoms with van der Waals surface area (Å²) >= 11 is 1.49. The van der Waals surface area contributed by atoms with Crippen LogP contribution in [0.4, 0.5) is 0 Å². The summed E-state index contributed by atoms with van der Waals surface area (Å²) in [5.74, 6) is 1.45. The number of nitrogens with one attached hydrogen (secondary N) is 1. The average molecular weight is 369 g/mol. The molecular weight excluding hydrogens is 346 g/mol. The van der Waals surface area contributed by atoms with Gasteiger partial charge in [0.05, 0.1) is 5.75 Å². The highest BCUT2D eigenvalue weighted by atomic mass is 32.2. The number of benzene rings is 1. The van der Waals surface area contributed by atoms with Crippen LogP contribution in [0.15, 0.2) is 35.6 Å². The number of hydrogen-bond acceptors (Lipinski definition) is 4. The summed E-state index contributed by atoms with van der Waals surface area (Å²) < 4.78 is 2.22. The van der Waals surface area contributed by atoms with E-state index in [9.17, 15) is 4.79 Å². The Hall–Kier alpha value is -2.28. The molecule has 0 spiro atoms. The van der Waals surface area contributed by atoms with Crippen molar-refractivity contribution in [2.75, 3.05) is 18.8 Å². The summed E-state index contributed by atoms with van der Waals surface area (Å²) in [6, 6.07) is 8.67. The Morgan fingerprint density at radius 3 is 2.77 bits per heavy atom. The number of aromatic amines is 1. The molecule has 6 nitrogen and oxygen atoms in total. The number of hydrogen-bond donors (Lipinski definition) is 1. The van der Waals surface area contributed by atoms with Crippen LogP contribution in [0.1, 0.15) is 32.7 Å². The lowest BCUT2D eigenvalue weighted by Gasteiger charge is -2.18. The molecule has 2 aromatic heterocycles. The molecule has 1 N–H and O–H groups in total. The lowest BCUT2D eigenvalue weighted by Crippen LogP contribution is -2.31. The van der Waals surface area contributed by atoms with Crippen molar-refractivity contribution in [3.8, 4) is 11.4 Å². The van der Waals surface area contributed by atoms with Crippen molar-refractivity contribution in [2.24, 2.45) is 0 Å². The molecule has 1 fully saturated rings. The van der Waals surface area contributed by atoms with Gasteiger partial charge in [-0.1, -0.05) is 30.0 Å². The molecule has 1 aromatic carbocycles. The molecule has 1 saturated carbocycles. The van der Waals surface area contributed by atoms with Gasteiger partial charge >= 0.3 is 0 Å². The van der Waals surface area contributed by atoms with Gasteiger partial charge in [-0.05, 0) is 32.8 Å². The summed E-state index contributed by atoms with van der Waals surface area (Å²) in [5.41, 5.74) is 2.17. The molecule has 1 amide bonds. The predicted molar refractivity (Wildman–Crippen MR) is 104 cm³/mol. The zero-order valence-corrected chi connectivity index (χ0v) is 15.9. The van der Waals surface area contributed by atoms with E-state index in [0.717, 1.165) is 53.4 Å². The first-order valence-electron chi connectivity index (χ1n) is 9.14. The fraction of sp³-hybridized carbons (Fsp3) is 0.421. The normalized spacial score (nSPS) is 14.1. The molecule has 0 bridgehead atoms.